The first kappa shape index (κ1) is 4.56. The minimum atomic E-state index is 0.834. The van der Waals surface area contributed by atoms with Crippen molar-refractivity contribution < 1.29 is 3.71 Å². The third kappa shape index (κ3) is 2.56. The monoisotopic (exact) mass is 71.0 g/mol. The molecular weight excluding hydrogens is 65.8 g/mol. The van der Waals surface area contributed by atoms with Crippen molar-refractivity contribution in [2.75, 3.05) is 0 Å². The van der Waals surface area contributed by atoms with Gasteiger partial charge in [0.15, 0.2) is 0 Å². The van der Waals surface area contributed by atoms with Gasteiger partial charge >= 0.3 is 16.6 Å². The summed E-state index contributed by atoms with van der Waals surface area (Å²) in [6.45, 7) is 1.87. The largest absolute Gasteiger partial charge is 0.576 e. The Morgan fingerprint density at radius 1 is 2.00 bits per heavy atom. The van der Waals surface area contributed by atoms with E-state index in [4.69, 9.17) is 0 Å². The minimum Gasteiger partial charge on any atom is -0.576 e. The Hall–Kier alpha value is 0.557. The van der Waals surface area contributed by atoms with Gasteiger partial charge in [0.2, 0.25) is 0 Å². The van der Waals surface area contributed by atoms with Gasteiger partial charge in [-0.2, -0.15) is 0 Å². The molecule has 0 saturated heterocycles. The lowest BCUT2D eigenvalue weighted by Crippen LogP contribution is -1.82. The predicted octanol–water partition coefficient (Wildman–Crippen LogP) is -0.782. The van der Waals surface area contributed by atoms with Gasteiger partial charge in [0.25, 0.3) is 7.48 Å². The zero-order valence-corrected chi connectivity index (χ0v) is 4.99. The van der Waals surface area contributed by atoms with Crippen LogP contribution in [0, 0.1) is 0 Å². The van der Waals surface area contributed by atoms with Crippen LogP contribution in [0.1, 0.15) is 0 Å². The average Bonchev–Trinajstić information content (AvgIpc) is 1.37. The second-order valence-corrected chi connectivity index (χ2v) is 0.943. The van der Waals surface area contributed by atoms with Gasteiger partial charge in [-0.05, 0) is 0 Å². The Kier molecular flexibility index (Phi) is 4.05. The molecule has 0 atom stereocenters. The van der Waals surface area contributed by atoms with Crippen LogP contribution in [0.5, 0.6) is 0 Å². The maximum absolute atomic E-state index is 4.56. The average molecular weight is 70.8 g/mol. The van der Waals surface area contributed by atoms with E-state index in [1.54, 1.807) is 7.48 Å². The molecule has 0 N–H and O–H groups in total. The van der Waals surface area contributed by atoms with Crippen LogP contribution in [0.2, 0.25) is 6.82 Å². The summed E-state index contributed by atoms with van der Waals surface area (Å²) in [4.78, 5) is 0. The summed E-state index contributed by atoms with van der Waals surface area (Å²) in [5.41, 5.74) is 0. The van der Waals surface area contributed by atoms with Crippen LogP contribution < -0.4 is 0 Å². The molecule has 0 aromatic carbocycles. The molecule has 4 heavy (non-hydrogen) atoms. The second-order valence-electron chi connectivity index (χ2n) is 0.471. The van der Waals surface area contributed by atoms with Gasteiger partial charge in [-0.25, -0.2) is 0 Å². The maximum atomic E-state index is 4.56. The van der Waals surface area contributed by atoms with Crippen LogP contribution in [-0.4, -0.2) is 24.1 Å². The lowest BCUT2D eigenvalue weighted by atomic mass is 10.1. The summed E-state index contributed by atoms with van der Waals surface area (Å²) in [5.74, 6) is 0. The quantitative estimate of drug-likeness (QED) is 0.368. The molecule has 0 fully saturated rings. The first-order valence-corrected chi connectivity index (χ1v) is 2.04. The zero-order chi connectivity index (χ0) is 3.41. The second kappa shape index (κ2) is 3.56. The Morgan fingerprint density at radius 2 is 2.25 bits per heavy atom. The summed E-state index contributed by atoms with van der Waals surface area (Å²) in [5, 5.41) is 0. The summed E-state index contributed by atoms with van der Waals surface area (Å²) in [6, 6.07) is 0. The molecule has 0 unspecified atom stereocenters. The molecule has 21 valence electrons. The van der Waals surface area contributed by atoms with E-state index in [1.807, 2.05) is 6.82 Å². The van der Waals surface area contributed by atoms with Crippen molar-refractivity contribution in [3.8, 4) is 0 Å². The maximum Gasteiger partial charge on any atom is 0.394 e. The highest BCUT2D eigenvalue weighted by molar-refractivity contribution is 6.32. The Morgan fingerprint density at radius 3 is 2.25 bits per heavy atom. The van der Waals surface area contributed by atoms with Gasteiger partial charge in [0.05, 0.1) is 0 Å². The van der Waals surface area contributed by atoms with E-state index in [1.165, 1.54) is 0 Å². The highest BCUT2D eigenvalue weighted by atomic mass is 27.1. The van der Waals surface area contributed by atoms with E-state index in [0.29, 0.717) is 0 Å². The molecule has 0 aliphatic carbocycles. The third-order valence-corrected chi connectivity index (χ3v) is 0.707. The molecule has 1 radical (unpaired) electrons. The summed E-state index contributed by atoms with van der Waals surface area (Å²) >= 11 is 0.834. The van der Waals surface area contributed by atoms with Crippen LogP contribution in [0.3, 0.4) is 0 Å². The van der Waals surface area contributed by atoms with Crippen molar-refractivity contribution in [1.29, 1.82) is 0 Å². The predicted molar refractivity (Wildman–Crippen MR) is 21.2 cm³/mol. The first-order valence-electron chi connectivity index (χ1n) is 1.22. The minimum absolute atomic E-state index is 0.834. The molecule has 1 nitrogen and oxygen atoms in total. The summed E-state index contributed by atoms with van der Waals surface area (Å²) in [7, 11) is 1.69. The molecule has 0 rings (SSSR count). The van der Waals surface area contributed by atoms with Crippen molar-refractivity contribution in [2.45, 2.75) is 6.82 Å². The van der Waals surface area contributed by atoms with Crippen LogP contribution in [0.25, 0.3) is 0 Å². The van der Waals surface area contributed by atoms with Crippen LogP contribution in [0.15, 0.2) is 0 Å². The van der Waals surface area contributed by atoms with Gasteiger partial charge in [-0.3, -0.25) is 0 Å². The lowest BCUT2D eigenvalue weighted by Gasteiger charge is -1.75. The summed E-state index contributed by atoms with van der Waals surface area (Å²) in [6.07, 6.45) is 0. The first-order chi connectivity index (χ1) is 1.91. The fourth-order valence-electron chi connectivity index (χ4n) is 0. The molecule has 0 heterocycles. The van der Waals surface area contributed by atoms with Crippen LogP contribution in [0.4, 0.5) is 0 Å². The molecule has 0 aromatic heterocycles. The Labute approximate surface area is 35.4 Å². The van der Waals surface area contributed by atoms with Crippen molar-refractivity contribution >= 4 is 24.1 Å². The van der Waals surface area contributed by atoms with Crippen molar-refractivity contribution in [3.63, 3.8) is 0 Å². The lowest BCUT2D eigenvalue weighted by molar-refractivity contribution is 0.671. The molecular formula is CH5AlBO. The van der Waals surface area contributed by atoms with E-state index in [0.717, 1.165) is 16.6 Å². The third-order valence-electron chi connectivity index (χ3n) is 0.236. The van der Waals surface area contributed by atoms with Gasteiger partial charge in [-0.15, -0.1) is 0 Å². The van der Waals surface area contributed by atoms with Gasteiger partial charge in [0.1, 0.15) is 0 Å². The Balaban J connectivity index is 1.97. The molecule has 0 spiro atoms. The van der Waals surface area contributed by atoms with E-state index in [9.17, 15) is 0 Å². The van der Waals surface area contributed by atoms with Gasteiger partial charge in [-0.1, -0.05) is 6.82 Å². The molecule has 0 aliphatic rings. The van der Waals surface area contributed by atoms with Gasteiger partial charge < -0.3 is 3.71 Å². The standard InChI is InChI=1S/CH3BO.Al.2H/c1-2-3;;;/h1H3;;;/q-1;+1;;. The van der Waals surface area contributed by atoms with Crippen molar-refractivity contribution in [1.82, 2.24) is 0 Å². The summed E-state index contributed by atoms with van der Waals surface area (Å²) < 4.78 is 4.56. The zero-order valence-electron chi connectivity index (χ0n) is 2.99. The van der Waals surface area contributed by atoms with E-state index in [2.05, 4.69) is 3.71 Å². The van der Waals surface area contributed by atoms with Crippen LogP contribution in [-0.2, 0) is 3.71 Å². The van der Waals surface area contributed by atoms with E-state index >= 15 is 0 Å². The SMILES string of the molecule is C[B][O][AlH2]. The molecule has 3 heteroatoms. The highest BCUT2D eigenvalue weighted by Crippen LogP contribution is 1.45. The number of hydrogen-bond donors (Lipinski definition) is 0. The van der Waals surface area contributed by atoms with E-state index < -0.39 is 0 Å². The fourth-order valence-corrected chi connectivity index (χ4v) is 0. The van der Waals surface area contributed by atoms with Crippen LogP contribution >= 0.6 is 0 Å². The van der Waals surface area contributed by atoms with Crippen molar-refractivity contribution in [3.05, 3.63) is 0 Å². The van der Waals surface area contributed by atoms with Crippen molar-refractivity contribution in [2.24, 2.45) is 0 Å². The fraction of sp³-hybridized carbons (Fsp3) is 1.00. The smallest absolute Gasteiger partial charge is 0.394 e. The molecule has 0 saturated carbocycles. The van der Waals surface area contributed by atoms with Gasteiger partial charge in [0, 0.05) is 0 Å². The molecule has 0 bridgehead atoms. The molecule has 0 amide bonds. The topological polar surface area (TPSA) is 9.23 Å². The van der Waals surface area contributed by atoms with E-state index in [-0.39, 0.29) is 0 Å². The number of rotatable bonds is 1. The Bertz CT molecular complexity index is 10.0. The normalized spacial score (nSPS) is 6.25. The number of hydrogen-bond acceptors (Lipinski definition) is 1. The molecule has 0 aromatic rings. The molecule has 0 aliphatic heterocycles. The highest BCUT2D eigenvalue weighted by Gasteiger charge is 1.60.